The van der Waals surface area contributed by atoms with Gasteiger partial charge >= 0.3 is 12.1 Å². The molecule has 0 amide bonds. The largest absolute Gasteiger partial charge is 0.457 e. The Bertz CT molecular complexity index is 932. The number of thiazole rings is 1. The molecule has 0 N–H and O–H groups in total. The number of rotatable bonds is 5. The van der Waals surface area contributed by atoms with Crippen molar-refractivity contribution in [1.82, 2.24) is 14.5 Å². The van der Waals surface area contributed by atoms with Gasteiger partial charge in [-0.1, -0.05) is 12.1 Å². The molecule has 2 aromatic heterocycles. The van der Waals surface area contributed by atoms with E-state index in [0.29, 0.717) is 22.0 Å². The molecule has 9 heteroatoms. The molecule has 27 heavy (non-hydrogen) atoms. The molecule has 0 aliphatic heterocycles. The summed E-state index contributed by atoms with van der Waals surface area (Å²) >= 11 is 1.07. The van der Waals surface area contributed by atoms with Crippen LogP contribution in [0.5, 0.6) is 0 Å². The molecule has 1 aromatic carbocycles. The van der Waals surface area contributed by atoms with E-state index in [1.165, 1.54) is 18.3 Å². The van der Waals surface area contributed by atoms with Crippen LogP contribution in [0.25, 0.3) is 10.6 Å². The third kappa shape index (κ3) is 4.54. The third-order valence-electron chi connectivity index (χ3n) is 3.85. The molecule has 3 aromatic rings. The standard InChI is InChI=1S/C18H16F3N3O2S/c1-11(10-24-8-7-22-12(24)2)26-17(25)15-9-23-16(27-15)13-3-5-14(6-4-13)18(19,20)21/h3-9,11H,10H2,1-2H3. The molecule has 3 rings (SSSR count). The van der Waals surface area contributed by atoms with Crippen molar-refractivity contribution >= 4 is 17.3 Å². The van der Waals surface area contributed by atoms with Crippen molar-refractivity contribution in [2.45, 2.75) is 32.7 Å². The number of benzene rings is 1. The van der Waals surface area contributed by atoms with Gasteiger partial charge in [0, 0.05) is 18.0 Å². The number of nitrogens with zero attached hydrogens (tertiary/aromatic N) is 3. The number of hydrogen-bond acceptors (Lipinski definition) is 5. The van der Waals surface area contributed by atoms with Crippen LogP contribution in [0.15, 0.2) is 42.9 Å². The third-order valence-corrected chi connectivity index (χ3v) is 4.88. The normalized spacial score (nSPS) is 12.8. The average molecular weight is 395 g/mol. The fourth-order valence-corrected chi connectivity index (χ4v) is 3.26. The number of halogens is 3. The molecule has 1 unspecified atom stereocenters. The summed E-state index contributed by atoms with van der Waals surface area (Å²) in [7, 11) is 0. The lowest BCUT2D eigenvalue weighted by Crippen LogP contribution is -2.20. The van der Waals surface area contributed by atoms with Crippen LogP contribution in [0.2, 0.25) is 0 Å². The Balaban J connectivity index is 1.66. The zero-order valence-corrected chi connectivity index (χ0v) is 15.3. The van der Waals surface area contributed by atoms with E-state index in [4.69, 9.17) is 4.74 Å². The quantitative estimate of drug-likeness (QED) is 0.594. The molecule has 0 spiro atoms. The first kappa shape index (κ1) is 19.1. The number of hydrogen-bond donors (Lipinski definition) is 0. The lowest BCUT2D eigenvalue weighted by atomic mass is 10.1. The minimum atomic E-state index is -4.39. The van der Waals surface area contributed by atoms with Gasteiger partial charge in [-0.25, -0.2) is 14.8 Å². The summed E-state index contributed by atoms with van der Waals surface area (Å²) in [6.45, 7) is 4.10. The lowest BCUT2D eigenvalue weighted by molar-refractivity contribution is -0.137. The molecular formula is C18H16F3N3O2S. The Morgan fingerprint density at radius 2 is 1.96 bits per heavy atom. The second-order valence-corrected chi connectivity index (χ2v) is 6.98. The fraction of sp³-hybridized carbons (Fsp3) is 0.278. The van der Waals surface area contributed by atoms with E-state index in [1.54, 1.807) is 19.3 Å². The molecule has 0 fully saturated rings. The highest BCUT2D eigenvalue weighted by Gasteiger charge is 2.30. The molecular weight excluding hydrogens is 379 g/mol. The van der Waals surface area contributed by atoms with Crippen LogP contribution in [-0.2, 0) is 17.5 Å². The SMILES string of the molecule is Cc1nccn1CC(C)OC(=O)c1cnc(-c2ccc(C(F)(F)F)cc2)s1. The number of carbonyl (C=O) groups is 1. The van der Waals surface area contributed by atoms with Gasteiger partial charge in [-0.05, 0) is 26.0 Å². The molecule has 0 radical (unpaired) electrons. The Hall–Kier alpha value is -2.68. The van der Waals surface area contributed by atoms with Crippen molar-refractivity contribution < 1.29 is 22.7 Å². The van der Waals surface area contributed by atoms with Crippen LogP contribution < -0.4 is 0 Å². The van der Waals surface area contributed by atoms with E-state index in [-0.39, 0.29) is 6.10 Å². The summed E-state index contributed by atoms with van der Waals surface area (Å²) in [6, 6.07) is 4.65. The topological polar surface area (TPSA) is 57.0 Å². The van der Waals surface area contributed by atoms with Crippen molar-refractivity contribution in [3.05, 3.63) is 59.1 Å². The van der Waals surface area contributed by atoms with Crippen LogP contribution in [0.3, 0.4) is 0 Å². The number of esters is 1. The zero-order chi connectivity index (χ0) is 19.6. The highest BCUT2D eigenvalue weighted by Crippen LogP contribution is 2.32. The Labute approximate surface area is 157 Å². The molecule has 2 heterocycles. The monoisotopic (exact) mass is 395 g/mol. The van der Waals surface area contributed by atoms with Crippen LogP contribution >= 0.6 is 11.3 Å². The maximum absolute atomic E-state index is 12.6. The molecule has 5 nitrogen and oxygen atoms in total. The Kier molecular flexibility index (Phi) is 5.31. The maximum atomic E-state index is 12.6. The highest BCUT2D eigenvalue weighted by atomic mass is 32.1. The van der Waals surface area contributed by atoms with E-state index in [1.807, 2.05) is 11.5 Å². The zero-order valence-electron chi connectivity index (χ0n) is 14.5. The van der Waals surface area contributed by atoms with Crippen LogP contribution in [0.1, 0.15) is 28.0 Å². The minimum Gasteiger partial charge on any atom is -0.457 e. The summed E-state index contributed by atoms with van der Waals surface area (Å²) in [6.07, 6.45) is 0.0790. The van der Waals surface area contributed by atoms with Crippen molar-refractivity contribution in [3.63, 3.8) is 0 Å². The number of carbonyl (C=O) groups excluding carboxylic acids is 1. The predicted molar refractivity (Wildman–Crippen MR) is 94.4 cm³/mol. The van der Waals surface area contributed by atoms with Crippen molar-refractivity contribution in [2.24, 2.45) is 0 Å². The first-order valence-corrected chi connectivity index (χ1v) is 8.88. The molecule has 0 aliphatic carbocycles. The molecule has 0 aliphatic rings. The predicted octanol–water partition coefficient (Wildman–Crippen LogP) is 4.58. The molecule has 0 bridgehead atoms. The van der Waals surface area contributed by atoms with Gasteiger partial charge in [-0.3, -0.25) is 0 Å². The smallest absolute Gasteiger partial charge is 0.416 e. The van der Waals surface area contributed by atoms with Gasteiger partial charge in [0.1, 0.15) is 21.8 Å². The van der Waals surface area contributed by atoms with Crippen LogP contribution in [0, 0.1) is 6.92 Å². The van der Waals surface area contributed by atoms with E-state index in [9.17, 15) is 18.0 Å². The first-order chi connectivity index (χ1) is 12.7. The molecule has 142 valence electrons. The fourth-order valence-electron chi connectivity index (χ4n) is 2.46. The van der Waals surface area contributed by atoms with E-state index in [0.717, 1.165) is 29.3 Å². The summed E-state index contributed by atoms with van der Waals surface area (Å²) in [5, 5.41) is 0.453. The van der Waals surface area contributed by atoms with Crippen molar-refractivity contribution in [1.29, 1.82) is 0 Å². The van der Waals surface area contributed by atoms with E-state index < -0.39 is 17.7 Å². The average Bonchev–Trinajstić information content (AvgIpc) is 3.24. The van der Waals surface area contributed by atoms with Crippen LogP contribution in [0.4, 0.5) is 13.2 Å². The summed E-state index contributed by atoms with van der Waals surface area (Å²) in [5.41, 5.74) is -0.222. The van der Waals surface area contributed by atoms with Gasteiger partial charge in [0.2, 0.25) is 0 Å². The highest BCUT2D eigenvalue weighted by molar-refractivity contribution is 7.16. The molecule has 0 saturated carbocycles. The second kappa shape index (κ2) is 7.51. The minimum absolute atomic E-state index is 0.291. The van der Waals surface area contributed by atoms with Crippen molar-refractivity contribution in [2.75, 3.05) is 0 Å². The number of alkyl halides is 3. The Morgan fingerprint density at radius 3 is 2.56 bits per heavy atom. The first-order valence-electron chi connectivity index (χ1n) is 8.06. The number of aromatic nitrogens is 3. The summed E-state index contributed by atoms with van der Waals surface area (Å²) in [5.74, 6) is 0.302. The van der Waals surface area contributed by atoms with Crippen LogP contribution in [-0.4, -0.2) is 26.6 Å². The lowest BCUT2D eigenvalue weighted by Gasteiger charge is -2.14. The maximum Gasteiger partial charge on any atom is 0.416 e. The number of imidazole rings is 1. The van der Waals surface area contributed by atoms with E-state index >= 15 is 0 Å². The van der Waals surface area contributed by atoms with E-state index in [2.05, 4.69) is 9.97 Å². The van der Waals surface area contributed by atoms with Gasteiger partial charge in [0.05, 0.1) is 18.3 Å². The summed E-state index contributed by atoms with van der Waals surface area (Å²) < 4.78 is 45.2. The molecule has 0 saturated heterocycles. The molecule has 1 atom stereocenters. The number of ether oxygens (including phenoxy) is 1. The number of aryl methyl sites for hydroxylation is 1. The van der Waals surface area contributed by atoms with Gasteiger partial charge < -0.3 is 9.30 Å². The van der Waals surface area contributed by atoms with Gasteiger partial charge in [0.15, 0.2) is 0 Å². The van der Waals surface area contributed by atoms with Gasteiger partial charge in [0.25, 0.3) is 0 Å². The van der Waals surface area contributed by atoms with Gasteiger partial charge in [-0.15, -0.1) is 11.3 Å². The summed E-state index contributed by atoms with van der Waals surface area (Å²) in [4.78, 5) is 20.8. The van der Waals surface area contributed by atoms with Crippen molar-refractivity contribution in [3.8, 4) is 10.6 Å². The Morgan fingerprint density at radius 1 is 1.26 bits per heavy atom. The second-order valence-electron chi connectivity index (χ2n) is 5.95. The van der Waals surface area contributed by atoms with Gasteiger partial charge in [-0.2, -0.15) is 13.2 Å².